The Hall–Kier alpha value is -3.81. The molecular weight excluding hydrogens is 444 g/mol. The molecule has 3 aromatic rings. The lowest BCUT2D eigenvalue weighted by Crippen LogP contribution is -2.16. The summed E-state index contributed by atoms with van der Waals surface area (Å²) in [5.74, 6) is 0.571. The van der Waals surface area contributed by atoms with Crippen molar-refractivity contribution in [2.75, 3.05) is 31.4 Å². The molecule has 0 aliphatic heterocycles. The normalized spacial score (nSPS) is 15.1. The van der Waals surface area contributed by atoms with Gasteiger partial charge in [-0.05, 0) is 55.4 Å². The summed E-state index contributed by atoms with van der Waals surface area (Å²) in [6.07, 6.45) is 10.2. The topological polar surface area (TPSA) is 94.5 Å². The summed E-state index contributed by atoms with van der Waals surface area (Å²) in [5, 5.41) is 7.02. The Balaban J connectivity index is 1.68. The highest BCUT2D eigenvalue weighted by atomic mass is 16.5. The van der Waals surface area contributed by atoms with Crippen LogP contribution in [0.25, 0.3) is 11.0 Å². The standard InChI is InChI=1S/C27H32N4O4/c1-18(32)30-24-23-15-21(28-16-20-7-5-4-6-8-20)17-29-26(23)31(25(24)27(33)35-3)14-13-19-9-11-22(34-2)12-10-19/h4-5,9-12,15,17,20,28H,6-8,13-14,16H2,1-3H3,(H,30,32). The Labute approximate surface area is 205 Å². The average Bonchev–Trinajstić information content (AvgIpc) is 3.18. The number of benzene rings is 1. The van der Waals surface area contributed by atoms with Gasteiger partial charge >= 0.3 is 5.97 Å². The number of carbonyl (C=O) groups is 2. The fraction of sp³-hybridized carbons (Fsp3) is 0.370. The predicted molar refractivity (Wildman–Crippen MR) is 137 cm³/mol. The van der Waals surface area contributed by atoms with Gasteiger partial charge in [0.1, 0.15) is 11.4 Å². The number of esters is 1. The largest absolute Gasteiger partial charge is 0.497 e. The summed E-state index contributed by atoms with van der Waals surface area (Å²) in [4.78, 5) is 29.6. The van der Waals surface area contributed by atoms with Crippen molar-refractivity contribution in [3.8, 4) is 5.75 Å². The number of allylic oxidation sites excluding steroid dienone is 2. The number of hydrogen-bond donors (Lipinski definition) is 2. The molecule has 4 rings (SSSR count). The molecule has 35 heavy (non-hydrogen) atoms. The zero-order chi connectivity index (χ0) is 24.8. The molecule has 1 aliphatic carbocycles. The lowest BCUT2D eigenvalue weighted by Gasteiger charge is -2.18. The number of aryl methyl sites for hydroxylation is 2. The zero-order valence-corrected chi connectivity index (χ0v) is 20.5. The van der Waals surface area contributed by atoms with Crippen molar-refractivity contribution in [1.29, 1.82) is 0 Å². The second-order valence-electron chi connectivity index (χ2n) is 8.77. The van der Waals surface area contributed by atoms with E-state index in [4.69, 9.17) is 14.5 Å². The van der Waals surface area contributed by atoms with Crippen LogP contribution in [-0.4, -0.2) is 42.2 Å². The summed E-state index contributed by atoms with van der Waals surface area (Å²) in [6, 6.07) is 9.75. The summed E-state index contributed by atoms with van der Waals surface area (Å²) >= 11 is 0. The van der Waals surface area contributed by atoms with Gasteiger partial charge in [-0.15, -0.1) is 0 Å². The number of methoxy groups -OCH3 is 2. The van der Waals surface area contributed by atoms with Crippen LogP contribution in [0, 0.1) is 5.92 Å². The van der Waals surface area contributed by atoms with Crippen molar-refractivity contribution in [3.63, 3.8) is 0 Å². The minimum atomic E-state index is -0.523. The molecule has 2 heterocycles. The van der Waals surface area contributed by atoms with Crippen molar-refractivity contribution >= 4 is 34.3 Å². The molecule has 8 nitrogen and oxygen atoms in total. The van der Waals surface area contributed by atoms with Gasteiger partial charge < -0.3 is 24.7 Å². The Bertz CT molecular complexity index is 1230. The molecule has 1 atom stereocenters. The van der Waals surface area contributed by atoms with E-state index in [9.17, 15) is 9.59 Å². The summed E-state index contributed by atoms with van der Waals surface area (Å²) in [6.45, 7) is 2.75. The second kappa shape index (κ2) is 11.1. The van der Waals surface area contributed by atoms with Gasteiger partial charge in [0.25, 0.3) is 0 Å². The fourth-order valence-corrected chi connectivity index (χ4v) is 4.49. The highest BCUT2D eigenvalue weighted by Gasteiger charge is 2.25. The molecule has 0 saturated carbocycles. The minimum Gasteiger partial charge on any atom is -0.497 e. The lowest BCUT2D eigenvalue weighted by molar-refractivity contribution is -0.114. The third-order valence-electron chi connectivity index (χ3n) is 6.33. The molecule has 2 N–H and O–H groups in total. The molecule has 0 spiro atoms. The molecule has 1 aromatic carbocycles. The fourth-order valence-electron chi connectivity index (χ4n) is 4.49. The van der Waals surface area contributed by atoms with E-state index in [0.29, 0.717) is 35.6 Å². The lowest BCUT2D eigenvalue weighted by atomic mass is 9.94. The highest BCUT2D eigenvalue weighted by Crippen LogP contribution is 2.33. The third kappa shape index (κ3) is 5.65. The number of hydrogen-bond acceptors (Lipinski definition) is 6. The second-order valence-corrected chi connectivity index (χ2v) is 8.77. The Kier molecular flexibility index (Phi) is 7.70. The first kappa shape index (κ1) is 24.3. The van der Waals surface area contributed by atoms with Gasteiger partial charge in [-0.2, -0.15) is 0 Å². The number of anilines is 2. The van der Waals surface area contributed by atoms with Crippen LogP contribution < -0.4 is 15.4 Å². The maximum absolute atomic E-state index is 12.9. The molecule has 2 aromatic heterocycles. The van der Waals surface area contributed by atoms with E-state index in [1.807, 2.05) is 34.9 Å². The van der Waals surface area contributed by atoms with Crippen LogP contribution in [0.1, 0.15) is 42.2 Å². The van der Waals surface area contributed by atoms with Gasteiger partial charge in [0.15, 0.2) is 5.69 Å². The van der Waals surface area contributed by atoms with Gasteiger partial charge in [-0.25, -0.2) is 9.78 Å². The van der Waals surface area contributed by atoms with Crippen LogP contribution in [0.2, 0.25) is 0 Å². The van der Waals surface area contributed by atoms with Crippen molar-refractivity contribution < 1.29 is 19.1 Å². The number of nitrogens with zero attached hydrogens (tertiary/aromatic N) is 2. The van der Waals surface area contributed by atoms with Crippen LogP contribution >= 0.6 is 0 Å². The number of aromatic nitrogens is 2. The monoisotopic (exact) mass is 476 g/mol. The van der Waals surface area contributed by atoms with E-state index in [0.717, 1.165) is 42.8 Å². The van der Waals surface area contributed by atoms with Crippen molar-refractivity contribution in [2.24, 2.45) is 5.92 Å². The van der Waals surface area contributed by atoms with Gasteiger partial charge in [0.2, 0.25) is 5.91 Å². The first-order valence-corrected chi connectivity index (χ1v) is 11.9. The van der Waals surface area contributed by atoms with Crippen LogP contribution in [0.5, 0.6) is 5.75 Å². The number of rotatable bonds is 9. The predicted octanol–water partition coefficient (Wildman–Crippen LogP) is 4.80. The highest BCUT2D eigenvalue weighted by molar-refractivity contribution is 6.10. The molecule has 0 radical (unpaired) electrons. The summed E-state index contributed by atoms with van der Waals surface area (Å²) in [7, 11) is 2.97. The quantitative estimate of drug-likeness (QED) is 0.340. The molecule has 0 saturated heterocycles. The van der Waals surface area contributed by atoms with Crippen LogP contribution in [0.3, 0.4) is 0 Å². The van der Waals surface area contributed by atoms with E-state index < -0.39 is 5.97 Å². The molecule has 1 amide bonds. The first-order chi connectivity index (χ1) is 17.0. The molecule has 8 heteroatoms. The van der Waals surface area contributed by atoms with E-state index in [2.05, 4.69) is 22.8 Å². The van der Waals surface area contributed by atoms with E-state index >= 15 is 0 Å². The van der Waals surface area contributed by atoms with Gasteiger partial charge in [-0.3, -0.25) is 4.79 Å². The molecule has 184 valence electrons. The first-order valence-electron chi connectivity index (χ1n) is 11.9. The number of pyridine rings is 1. The van der Waals surface area contributed by atoms with Crippen LogP contribution in [0.15, 0.2) is 48.7 Å². The summed E-state index contributed by atoms with van der Waals surface area (Å²) in [5.41, 5.74) is 3.26. The average molecular weight is 477 g/mol. The molecule has 1 aliphatic rings. The third-order valence-corrected chi connectivity index (χ3v) is 6.33. The molecule has 0 fully saturated rings. The van der Waals surface area contributed by atoms with Crippen molar-refractivity contribution in [3.05, 3.63) is 59.9 Å². The Morgan fingerprint density at radius 2 is 1.97 bits per heavy atom. The van der Waals surface area contributed by atoms with Gasteiger partial charge in [0.05, 0.1) is 31.8 Å². The van der Waals surface area contributed by atoms with Crippen molar-refractivity contribution in [2.45, 2.75) is 39.2 Å². The van der Waals surface area contributed by atoms with Crippen molar-refractivity contribution in [1.82, 2.24) is 9.55 Å². The van der Waals surface area contributed by atoms with E-state index in [-0.39, 0.29) is 11.6 Å². The molecule has 0 bridgehead atoms. The Morgan fingerprint density at radius 1 is 1.17 bits per heavy atom. The van der Waals surface area contributed by atoms with Gasteiger partial charge in [-0.1, -0.05) is 24.3 Å². The SMILES string of the molecule is COC(=O)c1c(NC(C)=O)c2cc(NCC3CC=CCC3)cnc2n1CCc1ccc(OC)cc1. The number of amides is 1. The zero-order valence-electron chi connectivity index (χ0n) is 20.5. The maximum atomic E-state index is 12.9. The minimum absolute atomic E-state index is 0.267. The number of fused-ring (bicyclic) bond motifs is 1. The van der Waals surface area contributed by atoms with Crippen LogP contribution in [-0.2, 0) is 22.5 Å². The van der Waals surface area contributed by atoms with Gasteiger partial charge in [0, 0.05) is 25.4 Å². The maximum Gasteiger partial charge on any atom is 0.356 e. The number of ether oxygens (including phenoxy) is 2. The van der Waals surface area contributed by atoms with E-state index in [1.165, 1.54) is 14.0 Å². The van der Waals surface area contributed by atoms with Crippen LogP contribution in [0.4, 0.5) is 11.4 Å². The number of carbonyl (C=O) groups excluding carboxylic acids is 2. The smallest absolute Gasteiger partial charge is 0.356 e. The molecule has 1 unspecified atom stereocenters. The summed E-state index contributed by atoms with van der Waals surface area (Å²) < 4.78 is 12.2. The Morgan fingerprint density at radius 3 is 2.63 bits per heavy atom. The number of nitrogens with one attached hydrogen (secondary N) is 2. The van der Waals surface area contributed by atoms with E-state index in [1.54, 1.807) is 13.3 Å². The molecular formula is C27H32N4O4.